The van der Waals surface area contributed by atoms with Crippen molar-refractivity contribution in [3.63, 3.8) is 0 Å². The molecule has 0 aliphatic rings. The van der Waals surface area contributed by atoms with Crippen molar-refractivity contribution in [3.05, 3.63) is 0 Å². The predicted molar refractivity (Wildman–Crippen MR) is 189 cm³/mol. The lowest BCUT2D eigenvalue weighted by molar-refractivity contribution is -0.140. The summed E-state index contributed by atoms with van der Waals surface area (Å²) in [7, 11) is 0. The van der Waals surface area contributed by atoms with Gasteiger partial charge >= 0.3 is 29.8 Å². The Kier molecular flexibility index (Phi) is 14.9. The summed E-state index contributed by atoms with van der Waals surface area (Å²) in [6, 6.07) is -11.3. The van der Waals surface area contributed by atoms with Gasteiger partial charge in [-0.15, -0.1) is 0 Å². The van der Waals surface area contributed by atoms with E-state index in [1.54, 1.807) is 33.0 Å². The predicted octanol–water partition coefficient (Wildman–Crippen LogP) is 3.26. The lowest BCUT2D eigenvalue weighted by Crippen LogP contribution is -2.41. The monoisotopic (exact) mass is 720 g/mol. The Hall–Kier alpha value is -2.85. The van der Waals surface area contributed by atoms with Crippen molar-refractivity contribution in [3.8, 4) is 0 Å². The molecule has 0 saturated heterocycles. The van der Waals surface area contributed by atoms with E-state index in [2.05, 4.69) is 0 Å². The Morgan fingerprint density at radius 2 is 1.15 bits per heavy atom. The summed E-state index contributed by atoms with van der Waals surface area (Å²) in [6.07, 6.45) is -4.20. The van der Waals surface area contributed by atoms with Crippen molar-refractivity contribution >= 4 is 29.8 Å². The van der Waals surface area contributed by atoms with E-state index in [9.17, 15) is 24.0 Å². The minimum atomic E-state index is -3.68. The average Bonchev–Trinajstić information content (AvgIpc) is 3.13. The third kappa shape index (κ3) is 45.3. The molecule has 0 aliphatic carbocycles. The standard InChI is InChI=1S/C9H19NO2.4C6H13NO2/c1-6(2)5-8(9(11)12)10-7(3)4;4*1-4(2)3-5(7)6(8)9/h6-8,10H,5H2,1-4H3,(H,11,12);4*4-5H,3,7H2,1-2H3,(H,8,9)/t8-;4*5-/m00000/s1/i1D3,3D3,4D3,7D;1D,2D3,3D2,4D,5D;4D;3D;/hD2/t6?,8-;4?,5-;m;3?,5-;m. The second kappa shape index (κ2) is 31.4. The molecule has 0 saturated carbocycles. The van der Waals surface area contributed by atoms with Gasteiger partial charge in [-0.05, 0) is 61.6 Å². The van der Waals surface area contributed by atoms with Crippen LogP contribution in [0.4, 0.5) is 0 Å². The highest BCUT2D eigenvalue weighted by Gasteiger charge is 2.19. The Labute approximate surface area is 319 Å². The first-order valence-corrected chi connectivity index (χ1v) is 14.1. The van der Waals surface area contributed by atoms with Crippen LogP contribution < -0.4 is 28.2 Å². The molecule has 0 amide bonds. The SMILES string of the molecule is CC(C)C[C@H](N)C(=O)O.[2H]C(C(C)C)[C@H](N)C(=O)O.[2H]C(C)(C)C[C@H](N)C(=O)O.[2H]C([2H])([2H])C(C)C[C@H](NC([2H])(C([2H])([2H])[2H])C([2H])([2H])[2H])C(=O)O.[2H]CC([2H])(C([2H])([2H])[2H])C([2H])([2H])[C@@]([2H])(C(=O)O)N([2H])[2H]. The molecule has 3 unspecified atom stereocenters. The molecule has 15 nitrogen and oxygen atoms in total. The van der Waals surface area contributed by atoms with E-state index in [1.807, 2.05) is 13.8 Å². The summed E-state index contributed by atoms with van der Waals surface area (Å²) in [5.41, 5.74) is 14.8. The molecule has 0 aliphatic heterocycles. The largest absolute Gasteiger partial charge is 0.480 e. The minimum absolute atomic E-state index is 0.00824. The van der Waals surface area contributed by atoms with Crippen molar-refractivity contribution in [2.24, 2.45) is 52.5 Å². The molecule has 14 N–H and O–H groups in total. The van der Waals surface area contributed by atoms with E-state index in [0.717, 1.165) is 0 Å². The smallest absolute Gasteiger partial charge is 0.320 e. The lowest BCUT2D eigenvalue weighted by atomic mass is 10.0. The normalized spacial score (nSPS) is 25.4. The van der Waals surface area contributed by atoms with Gasteiger partial charge in [0.2, 0.25) is 0 Å². The Morgan fingerprint density at radius 1 is 0.646 bits per heavy atom. The fourth-order valence-corrected chi connectivity index (χ4v) is 2.58. The van der Waals surface area contributed by atoms with Gasteiger partial charge in [-0.1, -0.05) is 82.8 Å². The van der Waals surface area contributed by atoms with Gasteiger partial charge in [0.05, 0.1) is 1.37 Å². The molecule has 15 heteroatoms. The van der Waals surface area contributed by atoms with Crippen LogP contribution in [-0.4, -0.2) is 91.6 Å². The van der Waals surface area contributed by atoms with Crippen LogP contribution in [0.1, 0.15) is 142 Å². The molecule has 8 atom stereocenters. The van der Waals surface area contributed by atoms with Gasteiger partial charge in [0.1, 0.15) is 33.0 Å². The molecule has 0 aromatic rings. The first kappa shape index (κ1) is 22.8. The van der Waals surface area contributed by atoms with E-state index in [0.29, 0.717) is 12.3 Å². The van der Waals surface area contributed by atoms with E-state index in [1.165, 1.54) is 6.92 Å². The van der Waals surface area contributed by atoms with Gasteiger partial charge in [0.15, 0.2) is 0 Å². The number of rotatable bonds is 18. The Morgan fingerprint density at radius 3 is 1.38 bits per heavy atom. The molecule has 0 aromatic heterocycles. The highest BCUT2D eigenvalue weighted by molar-refractivity contribution is 5.74. The van der Waals surface area contributed by atoms with Crippen LogP contribution in [0.5, 0.6) is 0 Å². The maximum Gasteiger partial charge on any atom is 0.320 e. The van der Waals surface area contributed by atoms with Crippen molar-refractivity contribution in [2.45, 2.75) is 151 Å². The van der Waals surface area contributed by atoms with Crippen LogP contribution in [0.15, 0.2) is 0 Å². The number of aliphatic carboxylic acids is 5. The molecule has 0 bridgehead atoms. The zero-order valence-corrected chi connectivity index (χ0v) is 28.4. The molecule has 288 valence electrons. The molecular weight excluding hydrogens is 626 g/mol. The number of hydrogen-bond acceptors (Lipinski definition) is 10. The van der Waals surface area contributed by atoms with E-state index >= 15 is 0 Å². The second-order valence-corrected chi connectivity index (χ2v) is 11.0. The van der Waals surface area contributed by atoms with Crippen molar-refractivity contribution in [1.29, 1.82) is 0 Å². The van der Waals surface area contributed by atoms with Gasteiger partial charge in [-0.2, -0.15) is 0 Å². The zero-order chi connectivity index (χ0) is 58.1. The van der Waals surface area contributed by atoms with Crippen LogP contribution in [0.2, 0.25) is 2.82 Å². The fourth-order valence-electron chi connectivity index (χ4n) is 2.58. The highest BCUT2D eigenvalue weighted by atomic mass is 16.4. The maximum absolute atomic E-state index is 11.2. The summed E-state index contributed by atoms with van der Waals surface area (Å²) in [5, 5.41) is 44.7. The molecule has 0 rings (SSSR count). The van der Waals surface area contributed by atoms with E-state index < -0.39 is 143 Å². The minimum Gasteiger partial charge on any atom is -0.480 e. The average molecular weight is 720 g/mol. The summed E-state index contributed by atoms with van der Waals surface area (Å²) in [5.74, 6) is -11.8. The van der Waals surface area contributed by atoms with E-state index in [4.69, 9.17) is 73.0 Å². The topological polar surface area (TPSA) is 303 Å². The zero-order valence-electron chi connectivity index (χ0n) is 50.4. The summed E-state index contributed by atoms with van der Waals surface area (Å²) >= 11 is 0. The summed E-state index contributed by atoms with van der Waals surface area (Å²) in [4.78, 5) is 52.6. The molecule has 0 radical (unpaired) electrons. The van der Waals surface area contributed by atoms with Crippen LogP contribution in [0.3, 0.4) is 0 Å². The number of hydrogen-bond donors (Lipinski definition) is 10. The first-order valence-electron chi connectivity index (χ1n) is 25.3. The van der Waals surface area contributed by atoms with Gasteiger partial charge in [-0.25, -0.2) is 0 Å². The highest BCUT2D eigenvalue weighted by Crippen LogP contribution is 2.06. The molecule has 0 spiro atoms. The van der Waals surface area contributed by atoms with Crippen molar-refractivity contribution in [1.82, 2.24) is 5.32 Å². The molecule has 0 fully saturated rings. The number of carboxylic acid groups (broad SMARTS) is 5. The van der Waals surface area contributed by atoms with Gasteiger partial charge < -0.3 is 53.8 Å². The van der Waals surface area contributed by atoms with Gasteiger partial charge in [0, 0.05) is 32.1 Å². The van der Waals surface area contributed by atoms with Gasteiger partial charge in [0.25, 0.3) is 0 Å². The summed E-state index contributed by atoms with van der Waals surface area (Å²) in [6.45, 7) is -1.97. The van der Waals surface area contributed by atoms with Crippen LogP contribution in [-0.2, 0) is 24.0 Å². The molecular formula is C33H71N5O10. The number of nitrogens with one attached hydrogen (secondary N) is 1. The summed E-state index contributed by atoms with van der Waals surface area (Å²) < 4.78 is 159. The second-order valence-electron chi connectivity index (χ2n) is 11.0. The first-order chi connectivity index (χ1) is 30.5. The third-order valence-electron chi connectivity index (χ3n) is 4.54. The molecule has 48 heavy (non-hydrogen) atoms. The maximum atomic E-state index is 11.2. The van der Waals surface area contributed by atoms with Crippen LogP contribution in [0.25, 0.3) is 0 Å². The van der Waals surface area contributed by atoms with Crippen LogP contribution >= 0.6 is 0 Å². The quantitative estimate of drug-likeness (QED) is 0.0972. The van der Waals surface area contributed by atoms with Gasteiger partial charge in [-0.3, -0.25) is 24.0 Å². The number of carboxylic acids is 5. The fraction of sp³-hybridized carbons (Fsp3) is 0.848. The number of carbonyl (C=O) groups is 5. The lowest BCUT2D eigenvalue weighted by Gasteiger charge is -2.18. The molecule has 0 aromatic carbocycles. The van der Waals surface area contributed by atoms with Crippen molar-refractivity contribution < 1.29 is 79.7 Å². The van der Waals surface area contributed by atoms with Crippen LogP contribution in [0, 0.1) is 29.5 Å². The Balaban J connectivity index is -0.000000265. The van der Waals surface area contributed by atoms with E-state index in [-0.39, 0.29) is 12.3 Å². The third-order valence-corrected chi connectivity index (χ3v) is 4.54. The van der Waals surface area contributed by atoms with Crippen molar-refractivity contribution in [2.75, 3.05) is 0 Å². The Bertz CT molecular complexity index is 1620. The number of nitrogens with two attached hydrogens (primary N) is 4. The molecule has 0 heterocycles.